The molecule has 0 aliphatic carbocycles. The Hall–Kier alpha value is -2.08. The second-order valence-electron chi connectivity index (χ2n) is 11.3. The average molecular weight is 613 g/mol. The summed E-state index contributed by atoms with van der Waals surface area (Å²) in [6.07, 6.45) is -0.340. The Kier molecular flexibility index (Phi) is 7.58. The predicted molar refractivity (Wildman–Crippen MR) is 150 cm³/mol. The molecule has 3 atom stereocenters. The molecule has 0 radical (unpaired) electrons. The normalized spacial score (nSPS) is 24.4. The van der Waals surface area contributed by atoms with Gasteiger partial charge in [-0.3, -0.25) is 9.47 Å². The molecule has 38 heavy (non-hydrogen) atoms. The fourth-order valence-corrected chi connectivity index (χ4v) is 6.07. The number of morpholine rings is 1. The molecule has 2 aromatic rings. The van der Waals surface area contributed by atoms with Crippen molar-refractivity contribution in [3.05, 3.63) is 26.0 Å². The van der Waals surface area contributed by atoms with Gasteiger partial charge in [-0.1, -0.05) is 11.6 Å². The van der Waals surface area contributed by atoms with Gasteiger partial charge in [0.05, 0.1) is 28.8 Å². The summed E-state index contributed by atoms with van der Waals surface area (Å²) in [7, 11) is 0. The Morgan fingerprint density at radius 1 is 1.21 bits per heavy atom. The topological polar surface area (TPSA) is 89.4 Å². The first-order valence-electron chi connectivity index (χ1n) is 13.1. The number of hydrogen-bond acceptors (Lipinski definition) is 8. The van der Waals surface area contributed by atoms with E-state index in [1.165, 1.54) is 0 Å². The van der Waals surface area contributed by atoms with Gasteiger partial charge in [-0.15, -0.1) is 0 Å². The number of hydrogen-bond donors (Lipinski definition) is 0. The molecule has 208 valence electrons. The van der Waals surface area contributed by atoms with Gasteiger partial charge in [0.2, 0.25) is 0 Å². The minimum atomic E-state index is -0.578. The zero-order chi connectivity index (χ0) is 27.4. The molecule has 5 rings (SSSR count). The molecule has 0 unspecified atom stereocenters. The summed E-state index contributed by atoms with van der Waals surface area (Å²) in [5.41, 5.74) is -0.208. The molecular weight excluding hydrogens is 578 g/mol. The van der Waals surface area contributed by atoms with E-state index in [4.69, 9.17) is 25.8 Å². The molecule has 2 fully saturated rings. The fourth-order valence-electron chi connectivity index (χ4n) is 5.46. The van der Waals surface area contributed by atoms with Crippen LogP contribution in [0.25, 0.3) is 10.9 Å². The molecule has 1 aromatic heterocycles. The number of benzene rings is 1. The van der Waals surface area contributed by atoms with Crippen molar-refractivity contribution in [1.29, 1.82) is 0 Å². The Morgan fingerprint density at radius 3 is 2.61 bits per heavy atom. The lowest BCUT2D eigenvalue weighted by molar-refractivity contribution is 0.0130. The highest BCUT2D eigenvalue weighted by Crippen LogP contribution is 2.44. The molecule has 0 saturated carbocycles. The number of amides is 1. The molecular formula is C26H35BrClN5O5. The summed E-state index contributed by atoms with van der Waals surface area (Å²) in [4.78, 5) is 37.3. The SMILES string of the molecule is C[C@H]1CN(c2nc(=O)n3c4c(c(Br)c(Cl)cc24)OC[C@@H]3CN2CCOCC2)[C@@H](C)CN1C(=O)OC(C)(C)C. The smallest absolute Gasteiger partial charge is 0.410 e. The Morgan fingerprint density at radius 2 is 1.92 bits per heavy atom. The van der Waals surface area contributed by atoms with E-state index in [0.717, 1.165) is 18.5 Å². The second kappa shape index (κ2) is 10.5. The zero-order valence-corrected chi connectivity index (χ0v) is 24.8. The molecule has 2 saturated heterocycles. The van der Waals surface area contributed by atoms with Crippen molar-refractivity contribution < 1.29 is 19.0 Å². The van der Waals surface area contributed by atoms with Crippen molar-refractivity contribution in [2.75, 3.05) is 57.4 Å². The van der Waals surface area contributed by atoms with Crippen LogP contribution >= 0.6 is 27.5 Å². The van der Waals surface area contributed by atoms with E-state index in [9.17, 15) is 9.59 Å². The van der Waals surface area contributed by atoms with Gasteiger partial charge in [-0.2, -0.15) is 4.98 Å². The van der Waals surface area contributed by atoms with E-state index in [1.807, 2.05) is 40.7 Å². The molecule has 12 heteroatoms. The number of ether oxygens (including phenoxy) is 3. The lowest BCUT2D eigenvalue weighted by atomic mass is 10.1. The molecule has 3 aliphatic heterocycles. The summed E-state index contributed by atoms with van der Waals surface area (Å²) in [6, 6.07) is 1.40. The predicted octanol–water partition coefficient (Wildman–Crippen LogP) is 3.91. The molecule has 0 spiro atoms. The number of nitrogens with zero attached hydrogens (tertiary/aromatic N) is 5. The lowest BCUT2D eigenvalue weighted by Crippen LogP contribution is -2.59. The Labute approximate surface area is 235 Å². The second-order valence-corrected chi connectivity index (χ2v) is 12.5. The van der Waals surface area contributed by atoms with Crippen LogP contribution in [0.5, 0.6) is 5.75 Å². The number of halogens is 2. The van der Waals surface area contributed by atoms with Crippen molar-refractivity contribution in [3.8, 4) is 5.75 Å². The lowest BCUT2D eigenvalue weighted by Gasteiger charge is -2.45. The van der Waals surface area contributed by atoms with Crippen molar-refractivity contribution in [1.82, 2.24) is 19.4 Å². The quantitative estimate of drug-likeness (QED) is 0.516. The first kappa shape index (κ1) is 27.5. The van der Waals surface area contributed by atoms with Gasteiger partial charge in [0.25, 0.3) is 0 Å². The van der Waals surface area contributed by atoms with Gasteiger partial charge in [-0.25, -0.2) is 9.59 Å². The van der Waals surface area contributed by atoms with Crippen LogP contribution < -0.4 is 15.3 Å². The third-order valence-corrected chi connectivity index (χ3v) is 8.60. The number of anilines is 1. The molecule has 1 aromatic carbocycles. The van der Waals surface area contributed by atoms with Gasteiger partial charge in [0.15, 0.2) is 5.75 Å². The van der Waals surface area contributed by atoms with Gasteiger partial charge >= 0.3 is 11.8 Å². The van der Waals surface area contributed by atoms with E-state index >= 15 is 0 Å². The molecule has 4 heterocycles. The van der Waals surface area contributed by atoms with Gasteiger partial charge < -0.3 is 24.0 Å². The summed E-state index contributed by atoms with van der Waals surface area (Å²) < 4.78 is 19.7. The Bertz CT molecular complexity index is 1290. The maximum absolute atomic E-state index is 13.7. The van der Waals surface area contributed by atoms with Crippen molar-refractivity contribution in [2.45, 2.75) is 58.3 Å². The highest BCUT2D eigenvalue weighted by Gasteiger charge is 2.38. The number of aromatic nitrogens is 2. The first-order valence-corrected chi connectivity index (χ1v) is 14.2. The van der Waals surface area contributed by atoms with E-state index in [1.54, 1.807) is 9.47 Å². The Balaban J connectivity index is 1.53. The van der Waals surface area contributed by atoms with Crippen LogP contribution in [-0.2, 0) is 9.47 Å². The molecule has 0 N–H and O–H groups in total. The van der Waals surface area contributed by atoms with Crippen LogP contribution in [0, 0.1) is 0 Å². The molecule has 10 nitrogen and oxygen atoms in total. The van der Waals surface area contributed by atoms with Crippen LogP contribution in [0.1, 0.15) is 40.7 Å². The van der Waals surface area contributed by atoms with Crippen molar-refractivity contribution >= 4 is 50.3 Å². The zero-order valence-electron chi connectivity index (χ0n) is 22.5. The molecule has 0 bridgehead atoms. The highest BCUT2D eigenvalue weighted by molar-refractivity contribution is 9.10. The summed E-state index contributed by atoms with van der Waals surface area (Å²) in [5.74, 6) is 1.11. The van der Waals surface area contributed by atoms with E-state index in [0.29, 0.717) is 66.0 Å². The molecule has 1 amide bonds. The van der Waals surface area contributed by atoms with E-state index < -0.39 is 5.60 Å². The summed E-state index contributed by atoms with van der Waals surface area (Å²) in [6.45, 7) is 14.5. The van der Waals surface area contributed by atoms with Crippen LogP contribution in [0.4, 0.5) is 10.6 Å². The largest absolute Gasteiger partial charge is 0.488 e. The summed E-state index contributed by atoms with van der Waals surface area (Å²) in [5, 5.41) is 1.24. The van der Waals surface area contributed by atoms with Crippen LogP contribution in [0.2, 0.25) is 5.02 Å². The standard InChI is InChI=1S/C26H35BrClN5O5/c1-15-12-32(25(35)38-26(3,4)5)16(2)11-31(15)23-18-10-19(28)20(27)22-21(18)33(24(34)29-23)17(14-37-22)13-30-6-8-36-9-7-30/h10,15-17H,6-9,11-14H2,1-5H3/t15-,16-,17-/m0/s1. The van der Waals surface area contributed by atoms with Gasteiger partial charge in [0.1, 0.15) is 23.5 Å². The monoisotopic (exact) mass is 611 g/mol. The third-order valence-electron chi connectivity index (χ3n) is 7.28. The van der Waals surface area contributed by atoms with Crippen LogP contribution in [0.3, 0.4) is 0 Å². The average Bonchev–Trinajstić information content (AvgIpc) is 2.85. The minimum absolute atomic E-state index is 0.108. The number of rotatable bonds is 3. The van der Waals surface area contributed by atoms with Crippen molar-refractivity contribution in [2.24, 2.45) is 0 Å². The van der Waals surface area contributed by atoms with Gasteiger partial charge in [-0.05, 0) is 56.6 Å². The third kappa shape index (κ3) is 5.22. The highest BCUT2D eigenvalue weighted by atomic mass is 79.9. The number of carbonyl (C=O) groups excluding carboxylic acids is 1. The van der Waals surface area contributed by atoms with E-state index in [-0.39, 0.29) is 29.9 Å². The van der Waals surface area contributed by atoms with E-state index in [2.05, 4.69) is 30.7 Å². The maximum atomic E-state index is 13.7. The number of piperazine rings is 1. The first-order chi connectivity index (χ1) is 17.9. The van der Waals surface area contributed by atoms with Crippen LogP contribution in [-0.4, -0.2) is 95.7 Å². The number of carbonyl (C=O) groups is 1. The van der Waals surface area contributed by atoms with Crippen molar-refractivity contribution in [3.63, 3.8) is 0 Å². The van der Waals surface area contributed by atoms with Gasteiger partial charge in [0, 0.05) is 50.2 Å². The minimum Gasteiger partial charge on any atom is -0.488 e. The van der Waals surface area contributed by atoms with Crippen LogP contribution in [0.15, 0.2) is 15.3 Å². The fraction of sp³-hybridized carbons (Fsp3) is 0.654. The summed E-state index contributed by atoms with van der Waals surface area (Å²) >= 11 is 10.2. The maximum Gasteiger partial charge on any atom is 0.410 e. The molecule has 3 aliphatic rings.